The van der Waals surface area contributed by atoms with Crippen molar-refractivity contribution < 1.29 is 19.0 Å². The molecule has 110 valence electrons. The summed E-state index contributed by atoms with van der Waals surface area (Å²) in [4.78, 5) is 14.5. The van der Waals surface area contributed by atoms with Gasteiger partial charge >= 0.3 is 0 Å². The summed E-state index contributed by atoms with van der Waals surface area (Å²) in [7, 11) is 3.14. The Balaban J connectivity index is 2.27. The van der Waals surface area contributed by atoms with E-state index in [9.17, 15) is 4.79 Å². The van der Waals surface area contributed by atoms with Crippen LogP contribution < -0.4 is 9.47 Å². The molecule has 0 aliphatic carbocycles. The van der Waals surface area contributed by atoms with Gasteiger partial charge in [0.05, 0.1) is 32.0 Å². The average Bonchev–Trinajstić information content (AvgIpc) is 2.44. The van der Waals surface area contributed by atoms with Crippen LogP contribution in [0.5, 0.6) is 11.5 Å². The van der Waals surface area contributed by atoms with Crippen LogP contribution in [0.3, 0.4) is 0 Å². The SMILES string of the molecule is COc1ccc(OC)c(C(=O)N2C[C@@H](C)O[C@H](C)C2)c1. The number of ether oxygens (including phenoxy) is 3. The van der Waals surface area contributed by atoms with Crippen LogP contribution >= 0.6 is 0 Å². The van der Waals surface area contributed by atoms with Crippen molar-refractivity contribution in [1.29, 1.82) is 0 Å². The molecule has 1 aromatic rings. The molecule has 2 atom stereocenters. The molecule has 0 N–H and O–H groups in total. The van der Waals surface area contributed by atoms with Gasteiger partial charge in [0.2, 0.25) is 0 Å². The van der Waals surface area contributed by atoms with Crippen LogP contribution in [-0.4, -0.2) is 50.3 Å². The monoisotopic (exact) mass is 279 g/mol. The molecule has 1 heterocycles. The molecule has 0 bridgehead atoms. The Bertz CT molecular complexity index is 479. The summed E-state index contributed by atoms with van der Waals surface area (Å²) in [6, 6.07) is 5.24. The summed E-state index contributed by atoms with van der Waals surface area (Å²) in [5, 5.41) is 0. The van der Waals surface area contributed by atoms with Gasteiger partial charge in [0.1, 0.15) is 11.5 Å². The van der Waals surface area contributed by atoms with E-state index in [0.717, 1.165) is 0 Å². The van der Waals surface area contributed by atoms with Crippen LogP contribution in [0.15, 0.2) is 18.2 Å². The Hall–Kier alpha value is -1.75. The van der Waals surface area contributed by atoms with Crippen molar-refractivity contribution in [2.24, 2.45) is 0 Å². The van der Waals surface area contributed by atoms with Crippen molar-refractivity contribution in [3.05, 3.63) is 23.8 Å². The number of benzene rings is 1. The highest BCUT2D eigenvalue weighted by Gasteiger charge is 2.28. The van der Waals surface area contributed by atoms with Crippen molar-refractivity contribution in [1.82, 2.24) is 4.90 Å². The second-order valence-electron chi connectivity index (χ2n) is 5.03. The molecule has 1 aliphatic rings. The molecule has 0 saturated carbocycles. The van der Waals surface area contributed by atoms with Gasteiger partial charge in [-0.15, -0.1) is 0 Å². The first-order chi connectivity index (χ1) is 9.55. The maximum atomic E-state index is 12.7. The minimum atomic E-state index is -0.0530. The van der Waals surface area contributed by atoms with E-state index in [1.54, 1.807) is 37.3 Å². The van der Waals surface area contributed by atoms with Crippen molar-refractivity contribution >= 4 is 5.91 Å². The topological polar surface area (TPSA) is 48.0 Å². The Morgan fingerprint density at radius 1 is 1.20 bits per heavy atom. The smallest absolute Gasteiger partial charge is 0.257 e. The van der Waals surface area contributed by atoms with Crippen molar-refractivity contribution in [2.45, 2.75) is 26.1 Å². The minimum absolute atomic E-state index is 0.0410. The summed E-state index contributed by atoms with van der Waals surface area (Å²) < 4.78 is 16.1. The van der Waals surface area contributed by atoms with Crippen molar-refractivity contribution in [3.8, 4) is 11.5 Å². The van der Waals surface area contributed by atoms with E-state index in [1.165, 1.54) is 0 Å². The van der Waals surface area contributed by atoms with Crippen LogP contribution in [0, 0.1) is 0 Å². The van der Waals surface area contributed by atoms with Crippen LogP contribution in [0.25, 0.3) is 0 Å². The Morgan fingerprint density at radius 3 is 2.40 bits per heavy atom. The zero-order valence-electron chi connectivity index (χ0n) is 12.4. The number of morpholine rings is 1. The van der Waals surface area contributed by atoms with Crippen LogP contribution in [0.1, 0.15) is 24.2 Å². The van der Waals surface area contributed by atoms with Gasteiger partial charge in [-0.05, 0) is 32.0 Å². The van der Waals surface area contributed by atoms with Gasteiger partial charge in [0, 0.05) is 13.1 Å². The number of amides is 1. The van der Waals surface area contributed by atoms with Crippen LogP contribution in [-0.2, 0) is 4.74 Å². The second-order valence-corrected chi connectivity index (χ2v) is 5.03. The predicted octanol–water partition coefficient (Wildman–Crippen LogP) is 1.95. The molecule has 0 aromatic heterocycles. The van der Waals surface area contributed by atoms with Gasteiger partial charge in [0.15, 0.2) is 0 Å². The third-order valence-electron chi connectivity index (χ3n) is 3.34. The number of hydrogen-bond acceptors (Lipinski definition) is 4. The molecule has 2 rings (SSSR count). The number of carbonyl (C=O) groups is 1. The molecule has 5 nitrogen and oxygen atoms in total. The van der Waals surface area contributed by atoms with Gasteiger partial charge in [-0.1, -0.05) is 0 Å². The maximum absolute atomic E-state index is 12.7. The fourth-order valence-electron chi connectivity index (χ4n) is 2.50. The van der Waals surface area contributed by atoms with Gasteiger partial charge < -0.3 is 19.1 Å². The van der Waals surface area contributed by atoms with Gasteiger partial charge in [-0.2, -0.15) is 0 Å². The van der Waals surface area contributed by atoms with E-state index in [-0.39, 0.29) is 18.1 Å². The fraction of sp³-hybridized carbons (Fsp3) is 0.533. The summed E-state index contributed by atoms with van der Waals surface area (Å²) in [6.45, 7) is 5.12. The highest BCUT2D eigenvalue weighted by atomic mass is 16.5. The molecule has 0 radical (unpaired) electrons. The molecular weight excluding hydrogens is 258 g/mol. The lowest BCUT2D eigenvalue weighted by Crippen LogP contribution is -2.48. The normalized spacial score (nSPS) is 22.5. The summed E-state index contributed by atoms with van der Waals surface area (Å²) in [5.41, 5.74) is 0.521. The van der Waals surface area contributed by atoms with E-state index in [0.29, 0.717) is 30.2 Å². The van der Waals surface area contributed by atoms with Gasteiger partial charge in [0.25, 0.3) is 5.91 Å². The first-order valence-corrected chi connectivity index (χ1v) is 6.72. The highest BCUT2D eigenvalue weighted by molar-refractivity contribution is 5.97. The van der Waals surface area contributed by atoms with Crippen LogP contribution in [0.4, 0.5) is 0 Å². The molecule has 20 heavy (non-hydrogen) atoms. The first kappa shape index (κ1) is 14.7. The maximum Gasteiger partial charge on any atom is 0.257 e. The highest BCUT2D eigenvalue weighted by Crippen LogP contribution is 2.26. The molecule has 5 heteroatoms. The number of hydrogen-bond donors (Lipinski definition) is 0. The van der Waals surface area contributed by atoms with Gasteiger partial charge in [-0.25, -0.2) is 0 Å². The lowest BCUT2D eigenvalue weighted by Gasteiger charge is -2.35. The van der Waals surface area contributed by atoms with E-state index < -0.39 is 0 Å². The zero-order chi connectivity index (χ0) is 14.7. The van der Waals surface area contributed by atoms with Gasteiger partial charge in [-0.3, -0.25) is 4.79 Å². The molecule has 0 unspecified atom stereocenters. The third kappa shape index (κ3) is 3.04. The summed E-state index contributed by atoms with van der Waals surface area (Å²) in [6.07, 6.45) is 0.0820. The predicted molar refractivity (Wildman–Crippen MR) is 75.5 cm³/mol. The molecule has 0 spiro atoms. The van der Waals surface area contributed by atoms with E-state index >= 15 is 0 Å². The van der Waals surface area contributed by atoms with Crippen LogP contribution in [0.2, 0.25) is 0 Å². The summed E-state index contributed by atoms with van der Waals surface area (Å²) >= 11 is 0. The molecule has 1 fully saturated rings. The molecule has 1 saturated heterocycles. The Labute approximate surface area is 119 Å². The minimum Gasteiger partial charge on any atom is -0.497 e. The average molecular weight is 279 g/mol. The third-order valence-corrected chi connectivity index (χ3v) is 3.34. The number of carbonyl (C=O) groups excluding carboxylic acids is 1. The van der Waals surface area contributed by atoms with Crippen molar-refractivity contribution in [2.75, 3.05) is 27.3 Å². The number of methoxy groups -OCH3 is 2. The first-order valence-electron chi connectivity index (χ1n) is 6.72. The quantitative estimate of drug-likeness (QED) is 0.848. The van der Waals surface area contributed by atoms with E-state index in [4.69, 9.17) is 14.2 Å². The standard InChI is InChI=1S/C15H21NO4/c1-10-8-16(9-11(2)20-10)15(17)13-7-12(18-3)5-6-14(13)19-4/h5-7,10-11H,8-9H2,1-4H3/t10-,11-/m1/s1. The molecule has 1 aromatic carbocycles. The summed E-state index contributed by atoms with van der Waals surface area (Å²) in [5.74, 6) is 1.15. The van der Waals surface area contributed by atoms with E-state index in [1.807, 2.05) is 13.8 Å². The lowest BCUT2D eigenvalue weighted by molar-refractivity contribution is -0.0586. The Kier molecular flexibility index (Phi) is 4.49. The zero-order valence-corrected chi connectivity index (χ0v) is 12.4. The molecular formula is C15H21NO4. The lowest BCUT2D eigenvalue weighted by atomic mass is 10.1. The molecule has 1 amide bonds. The largest absolute Gasteiger partial charge is 0.497 e. The number of nitrogens with zero attached hydrogens (tertiary/aromatic N) is 1. The number of rotatable bonds is 3. The Morgan fingerprint density at radius 2 is 1.85 bits per heavy atom. The second kappa shape index (κ2) is 6.13. The van der Waals surface area contributed by atoms with E-state index in [2.05, 4.69) is 0 Å². The van der Waals surface area contributed by atoms with Crippen molar-refractivity contribution in [3.63, 3.8) is 0 Å². The molecule has 1 aliphatic heterocycles. The fourth-order valence-corrected chi connectivity index (χ4v) is 2.50.